The van der Waals surface area contributed by atoms with Crippen LogP contribution in [0.3, 0.4) is 0 Å². The van der Waals surface area contributed by atoms with Crippen molar-refractivity contribution < 1.29 is 4.92 Å². The van der Waals surface area contributed by atoms with Crippen LogP contribution in [0.2, 0.25) is 0 Å². The van der Waals surface area contributed by atoms with Gasteiger partial charge in [-0.2, -0.15) is 4.98 Å². The normalized spacial score (nSPS) is 10.5. The number of rotatable bonds is 1. The van der Waals surface area contributed by atoms with Gasteiger partial charge in [0.15, 0.2) is 0 Å². The van der Waals surface area contributed by atoms with Gasteiger partial charge in [-0.25, -0.2) is 4.98 Å². The summed E-state index contributed by atoms with van der Waals surface area (Å²) in [4.78, 5) is 17.7. The van der Waals surface area contributed by atoms with Crippen LogP contribution in [-0.2, 0) is 0 Å². The number of aromatic nitrogens is 2. The number of hydrogen-bond acceptors (Lipinski definition) is 7. The molecule has 2 rings (SSSR count). The van der Waals surface area contributed by atoms with Crippen LogP contribution in [0.1, 0.15) is 0 Å². The monoisotopic (exact) mass is 220 g/mol. The van der Waals surface area contributed by atoms with Gasteiger partial charge >= 0.3 is 0 Å². The highest BCUT2D eigenvalue weighted by Gasteiger charge is 2.17. The molecule has 6 N–H and O–H groups in total. The van der Waals surface area contributed by atoms with Gasteiger partial charge in [-0.15, -0.1) is 0 Å². The Morgan fingerprint density at radius 3 is 2.50 bits per heavy atom. The molecule has 0 atom stereocenters. The molecule has 0 spiro atoms. The summed E-state index contributed by atoms with van der Waals surface area (Å²) in [5, 5.41) is 10.9. The first kappa shape index (κ1) is 9.90. The predicted octanol–water partition coefficient (Wildman–Crippen LogP) is 0.285. The quantitative estimate of drug-likeness (QED) is 0.355. The van der Waals surface area contributed by atoms with Gasteiger partial charge in [-0.3, -0.25) is 10.1 Å². The van der Waals surface area contributed by atoms with Crippen LogP contribution < -0.4 is 17.2 Å². The summed E-state index contributed by atoms with van der Waals surface area (Å²) in [6.07, 6.45) is 0. The Morgan fingerprint density at radius 2 is 1.88 bits per heavy atom. The maximum atomic E-state index is 10.7. The summed E-state index contributed by atoms with van der Waals surface area (Å²) >= 11 is 0. The molecule has 0 fully saturated rings. The third kappa shape index (κ3) is 1.32. The van der Waals surface area contributed by atoms with Crippen LogP contribution in [0.5, 0.6) is 0 Å². The van der Waals surface area contributed by atoms with Crippen LogP contribution in [0.4, 0.5) is 23.1 Å². The molecule has 8 heteroatoms. The fourth-order valence-corrected chi connectivity index (χ4v) is 1.45. The van der Waals surface area contributed by atoms with Gasteiger partial charge in [0.25, 0.3) is 5.69 Å². The highest BCUT2D eigenvalue weighted by atomic mass is 16.6. The highest BCUT2D eigenvalue weighted by Crippen LogP contribution is 2.32. The molecule has 1 aromatic carbocycles. The standard InChI is InChI=1S/C8H8N6O2/c9-6-4(14(15)16)2-1-3-5(6)7(10)13-8(11)12-3/h1-2H,9H2,(H4,10,11,12,13). The summed E-state index contributed by atoms with van der Waals surface area (Å²) in [5.74, 6) is 0.0296. The van der Waals surface area contributed by atoms with Crippen LogP contribution in [0, 0.1) is 10.1 Å². The van der Waals surface area contributed by atoms with Gasteiger partial charge in [0.05, 0.1) is 15.8 Å². The molecule has 16 heavy (non-hydrogen) atoms. The van der Waals surface area contributed by atoms with Crippen molar-refractivity contribution in [3.8, 4) is 0 Å². The minimum Gasteiger partial charge on any atom is -0.392 e. The minimum absolute atomic E-state index is 0.00162. The number of benzene rings is 1. The Morgan fingerprint density at radius 1 is 1.19 bits per heavy atom. The lowest BCUT2D eigenvalue weighted by molar-refractivity contribution is -0.383. The van der Waals surface area contributed by atoms with Crippen molar-refractivity contribution in [3.05, 3.63) is 22.2 Å². The molecule has 0 amide bonds. The Hall–Kier alpha value is -2.64. The van der Waals surface area contributed by atoms with Gasteiger partial charge in [-0.1, -0.05) is 0 Å². The zero-order chi connectivity index (χ0) is 11.9. The Labute approximate surface area is 89.2 Å². The van der Waals surface area contributed by atoms with Crippen LogP contribution in [0.15, 0.2) is 12.1 Å². The zero-order valence-corrected chi connectivity index (χ0v) is 8.04. The number of nitrogens with zero attached hydrogens (tertiary/aromatic N) is 3. The third-order valence-electron chi connectivity index (χ3n) is 2.12. The molecular weight excluding hydrogens is 212 g/mol. The second-order valence-electron chi connectivity index (χ2n) is 3.12. The summed E-state index contributed by atoms with van der Waals surface area (Å²) < 4.78 is 0. The van der Waals surface area contributed by atoms with E-state index in [0.717, 1.165) is 0 Å². The van der Waals surface area contributed by atoms with E-state index in [-0.39, 0.29) is 28.5 Å². The van der Waals surface area contributed by atoms with Gasteiger partial charge in [0.1, 0.15) is 11.5 Å². The molecule has 0 saturated carbocycles. The van der Waals surface area contributed by atoms with Crippen LogP contribution in [-0.4, -0.2) is 14.9 Å². The van der Waals surface area contributed by atoms with Gasteiger partial charge < -0.3 is 17.2 Å². The van der Waals surface area contributed by atoms with Crippen molar-refractivity contribution in [2.75, 3.05) is 17.2 Å². The van der Waals surface area contributed by atoms with E-state index in [9.17, 15) is 10.1 Å². The Kier molecular flexibility index (Phi) is 1.97. The van der Waals surface area contributed by atoms with E-state index in [2.05, 4.69) is 9.97 Å². The molecule has 0 aliphatic carbocycles. The van der Waals surface area contributed by atoms with E-state index in [0.29, 0.717) is 5.52 Å². The van der Waals surface area contributed by atoms with Crippen molar-refractivity contribution in [2.24, 2.45) is 0 Å². The lowest BCUT2D eigenvalue weighted by Gasteiger charge is -2.05. The van der Waals surface area contributed by atoms with E-state index in [1.165, 1.54) is 12.1 Å². The Balaban J connectivity index is 2.89. The molecule has 82 valence electrons. The minimum atomic E-state index is -0.593. The molecule has 0 unspecified atom stereocenters. The van der Waals surface area contributed by atoms with E-state index < -0.39 is 4.92 Å². The summed E-state index contributed by atoms with van der Waals surface area (Å²) in [7, 11) is 0. The molecule has 2 aromatic rings. The molecule has 0 saturated heterocycles. The molecule has 8 nitrogen and oxygen atoms in total. The second-order valence-corrected chi connectivity index (χ2v) is 3.12. The number of hydrogen-bond donors (Lipinski definition) is 3. The molecular formula is C8H8N6O2. The largest absolute Gasteiger partial charge is 0.392 e. The number of nitrogen functional groups attached to an aromatic ring is 3. The van der Waals surface area contributed by atoms with Crippen molar-refractivity contribution in [1.82, 2.24) is 9.97 Å². The summed E-state index contributed by atoms with van der Waals surface area (Å²) in [6, 6.07) is 2.68. The number of fused-ring (bicyclic) bond motifs is 1. The molecule has 0 aliphatic heterocycles. The fourth-order valence-electron chi connectivity index (χ4n) is 1.45. The van der Waals surface area contributed by atoms with E-state index in [4.69, 9.17) is 17.2 Å². The van der Waals surface area contributed by atoms with Crippen molar-refractivity contribution in [3.63, 3.8) is 0 Å². The smallest absolute Gasteiger partial charge is 0.293 e. The number of nitro groups is 1. The van der Waals surface area contributed by atoms with Gasteiger partial charge in [-0.05, 0) is 6.07 Å². The van der Waals surface area contributed by atoms with Crippen molar-refractivity contribution >= 4 is 34.0 Å². The average Bonchev–Trinajstić information content (AvgIpc) is 2.15. The van der Waals surface area contributed by atoms with Crippen molar-refractivity contribution in [1.29, 1.82) is 0 Å². The second kappa shape index (κ2) is 3.19. The van der Waals surface area contributed by atoms with E-state index >= 15 is 0 Å². The number of nitro benzene ring substituents is 1. The first-order chi connectivity index (χ1) is 7.50. The molecule has 0 aliphatic rings. The maximum Gasteiger partial charge on any atom is 0.293 e. The molecule has 0 bridgehead atoms. The van der Waals surface area contributed by atoms with Crippen LogP contribution in [0.25, 0.3) is 10.9 Å². The zero-order valence-electron chi connectivity index (χ0n) is 8.04. The first-order valence-electron chi connectivity index (χ1n) is 4.26. The summed E-state index contributed by atoms with van der Waals surface area (Å²) in [6.45, 7) is 0. The first-order valence-corrected chi connectivity index (χ1v) is 4.26. The fraction of sp³-hybridized carbons (Fsp3) is 0. The van der Waals surface area contributed by atoms with Crippen molar-refractivity contribution in [2.45, 2.75) is 0 Å². The SMILES string of the molecule is Nc1nc(N)c2c(N)c([N+](=O)[O-])ccc2n1. The van der Waals surface area contributed by atoms with E-state index in [1.54, 1.807) is 0 Å². The van der Waals surface area contributed by atoms with E-state index in [1.807, 2.05) is 0 Å². The predicted molar refractivity (Wildman–Crippen MR) is 59.4 cm³/mol. The van der Waals surface area contributed by atoms with Crippen LogP contribution >= 0.6 is 0 Å². The molecule has 0 radical (unpaired) electrons. The number of nitrogens with two attached hydrogens (primary N) is 3. The lowest BCUT2D eigenvalue weighted by atomic mass is 10.1. The number of anilines is 3. The summed E-state index contributed by atoms with van der Waals surface area (Å²) in [5.41, 5.74) is 16.7. The highest BCUT2D eigenvalue weighted by molar-refractivity contribution is 6.02. The molecule has 1 aromatic heterocycles. The third-order valence-corrected chi connectivity index (χ3v) is 2.12. The maximum absolute atomic E-state index is 10.7. The topological polar surface area (TPSA) is 147 Å². The van der Waals surface area contributed by atoms with Gasteiger partial charge in [0, 0.05) is 6.07 Å². The molecule has 1 heterocycles. The van der Waals surface area contributed by atoms with Gasteiger partial charge in [0.2, 0.25) is 5.95 Å². The average molecular weight is 220 g/mol. The Bertz CT molecular complexity index is 597. The lowest BCUT2D eigenvalue weighted by Crippen LogP contribution is -2.04.